The van der Waals surface area contributed by atoms with E-state index in [-0.39, 0.29) is 5.54 Å². The first-order valence-corrected chi connectivity index (χ1v) is 7.54. The van der Waals surface area contributed by atoms with Gasteiger partial charge in [-0.3, -0.25) is 4.90 Å². The van der Waals surface area contributed by atoms with E-state index in [0.29, 0.717) is 5.41 Å². The fraction of sp³-hybridized carbons (Fsp3) is 0.800. The van der Waals surface area contributed by atoms with Crippen molar-refractivity contribution < 1.29 is 0 Å². The average molecular weight is 262 g/mol. The Morgan fingerprint density at radius 3 is 2.79 bits per heavy atom. The van der Waals surface area contributed by atoms with Crippen LogP contribution < -0.4 is 5.73 Å². The number of hydrogen-bond donors (Lipinski definition) is 1. The highest BCUT2D eigenvalue weighted by Gasteiger charge is 2.50. The fourth-order valence-electron chi connectivity index (χ4n) is 4.19. The molecule has 1 aromatic rings. The van der Waals surface area contributed by atoms with E-state index in [1.54, 1.807) is 0 Å². The predicted molar refractivity (Wildman–Crippen MR) is 76.7 cm³/mol. The van der Waals surface area contributed by atoms with Crippen molar-refractivity contribution in [2.75, 3.05) is 13.1 Å². The Morgan fingerprint density at radius 2 is 2.05 bits per heavy atom. The molecule has 4 nitrogen and oxygen atoms in total. The summed E-state index contributed by atoms with van der Waals surface area (Å²) in [6.07, 6.45) is 9.18. The van der Waals surface area contributed by atoms with Gasteiger partial charge in [-0.2, -0.15) is 0 Å². The summed E-state index contributed by atoms with van der Waals surface area (Å²) in [5, 5.41) is 0. The molecule has 1 atom stereocenters. The van der Waals surface area contributed by atoms with Crippen LogP contribution in [0.4, 0.5) is 0 Å². The van der Waals surface area contributed by atoms with Crippen molar-refractivity contribution in [3.63, 3.8) is 0 Å². The highest BCUT2D eigenvalue weighted by Crippen LogP contribution is 2.47. The van der Waals surface area contributed by atoms with Gasteiger partial charge >= 0.3 is 0 Å². The third-order valence-electron chi connectivity index (χ3n) is 5.59. The van der Waals surface area contributed by atoms with E-state index in [4.69, 9.17) is 5.73 Å². The van der Waals surface area contributed by atoms with Gasteiger partial charge in [0.1, 0.15) is 5.82 Å². The molecule has 1 aromatic heterocycles. The first-order valence-electron chi connectivity index (χ1n) is 7.54. The van der Waals surface area contributed by atoms with Gasteiger partial charge in [0.25, 0.3) is 0 Å². The van der Waals surface area contributed by atoms with E-state index < -0.39 is 0 Å². The van der Waals surface area contributed by atoms with E-state index in [0.717, 1.165) is 26.2 Å². The van der Waals surface area contributed by atoms with Crippen molar-refractivity contribution in [3.8, 4) is 0 Å². The van der Waals surface area contributed by atoms with Crippen molar-refractivity contribution in [1.82, 2.24) is 14.5 Å². The standard InChI is InChI=1S/C15H26N4/c1-14(2)5-3-4-6-15(14,12-16)19-10-9-18-8-7-17-13(18)11-19/h7-8H,3-6,9-12,16H2,1-2H3. The zero-order valence-electron chi connectivity index (χ0n) is 12.2. The predicted octanol–water partition coefficient (Wildman–Crippen LogP) is 2.00. The lowest BCUT2D eigenvalue weighted by atomic mass is 9.62. The van der Waals surface area contributed by atoms with Crippen LogP contribution >= 0.6 is 0 Å². The van der Waals surface area contributed by atoms with Crippen LogP contribution in [-0.2, 0) is 13.1 Å². The molecule has 0 saturated heterocycles. The van der Waals surface area contributed by atoms with E-state index >= 15 is 0 Å². The normalized spacial score (nSPS) is 31.1. The Hall–Kier alpha value is -0.870. The topological polar surface area (TPSA) is 47.1 Å². The summed E-state index contributed by atoms with van der Waals surface area (Å²) in [6.45, 7) is 8.67. The van der Waals surface area contributed by atoms with Crippen molar-refractivity contribution in [2.24, 2.45) is 11.1 Å². The Balaban J connectivity index is 1.90. The molecule has 0 amide bonds. The third-order valence-corrected chi connectivity index (χ3v) is 5.59. The zero-order chi connectivity index (χ0) is 13.5. The van der Waals surface area contributed by atoms with Crippen molar-refractivity contribution in [1.29, 1.82) is 0 Å². The molecule has 0 bridgehead atoms. The van der Waals surface area contributed by atoms with Crippen LogP contribution in [0, 0.1) is 5.41 Å². The van der Waals surface area contributed by atoms with Crippen LogP contribution in [0.1, 0.15) is 45.4 Å². The summed E-state index contributed by atoms with van der Waals surface area (Å²) in [7, 11) is 0. The number of fused-ring (bicyclic) bond motifs is 1. The van der Waals surface area contributed by atoms with Crippen molar-refractivity contribution in [3.05, 3.63) is 18.2 Å². The van der Waals surface area contributed by atoms with Gasteiger partial charge in [-0.25, -0.2) is 4.98 Å². The molecular weight excluding hydrogens is 236 g/mol. The van der Waals surface area contributed by atoms with Gasteiger partial charge in [0, 0.05) is 37.6 Å². The first kappa shape index (κ1) is 13.1. The lowest BCUT2D eigenvalue weighted by Gasteiger charge is -2.56. The maximum atomic E-state index is 6.27. The molecule has 4 heteroatoms. The van der Waals surface area contributed by atoms with Crippen LogP contribution in [-0.4, -0.2) is 33.1 Å². The maximum absolute atomic E-state index is 6.27. The van der Waals surface area contributed by atoms with Crippen LogP contribution in [0.3, 0.4) is 0 Å². The largest absolute Gasteiger partial charge is 0.333 e. The number of nitrogens with zero attached hydrogens (tertiary/aromatic N) is 3. The van der Waals surface area contributed by atoms with Gasteiger partial charge < -0.3 is 10.3 Å². The SMILES string of the molecule is CC1(C)CCCCC1(CN)N1CCn2ccnc2C1. The molecule has 2 N–H and O–H groups in total. The molecular formula is C15H26N4. The highest BCUT2D eigenvalue weighted by molar-refractivity contribution is 5.08. The molecule has 3 rings (SSSR count). The lowest BCUT2D eigenvalue weighted by Crippen LogP contribution is -2.64. The molecule has 106 valence electrons. The molecule has 0 radical (unpaired) electrons. The fourth-order valence-corrected chi connectivity index (χ4v) is 4.19. The van der Waals surface area contributed by atoms with Crippen LogP contribution in [0.15, 0.2) is 12.4 Å². The molecule has 1 aliphatic heterocycles. The zero-order valence-corrected chi connectivity index (χ0v) is 12.2. The lowest BCUT2D eigenvalue weighted by molar-refractivity contribution is -0.0587. The van der Waals surface area contributed by atoms with Crippen LogP contribution in [0.5, 0.6) is 0 Å². The van der Waals surface area contributed by atoms with Crippen LogP contribution in [0.2, 0.25) is 0 Å². The number of hydrogen-bond acceptors (Lipinski definition) is 3. The quantitative estimate of drug-likeness (QED) is 0.886. The van der Waals surface area contributed by atoms with Crippen molar-refractivity contribution in [2.45, 2.75) is 58.2 Å². The molecule has 0 spiro atoms. The maximum Gasteiger partial charge on any atom is 0.122 e. The molecule has 1 unspecified atom stereocenters. The Labute approximate surface area is 116 Å². The minimum Gasteiger partial charge on any atom is -0.333 e. The monoisotopic (exact) mass is 262 g/mol. The molecule has 1 aliphatic carbocycles. The van der Waals surface area contributed by atoms with Gasteiger partial charge in [0.05, 0.1) is 6.54 Å². The molecule has 2 heterocycles. The second-order valence-corrected chi connectivity index (χ2v) is 6.79. The molecule has 0 aromatic carbocycles. The second-order valence-electron chi connectivity index (χ2n) is 6.79. The van der Waals surface area contributed by atoms with Gasteiger partial charge in [0.15, 0.2) is 0 Å². The van der Waals surface area contributed by atoms with Gasteiger partial charge in [-0.1, -0.05) is 26.7 Å². The van der Waals surface area contributed by atoms with Gasteiger partial charge in [-0.05, 0) is 18.3 Å². The smallest absolute Gasteiger partial charge is 0.122 e. The average Bonchev–Trinajstić information content (AvgIpc) is 2.86. The molecule has 1 fully saturated rings. The Kier molecular flexibility index (Phi) is 3.18. The van der Waals surface area contributed by atoms with Crippen LogP contribution in [0.25, 0.3) is 0 Å². The summed E-state index contributed by atoms with van der Waals surface area (Å²) in [5.41, 5.74) is 6.73. The summed E-state index contributed by atoms with van der Waals surface area (Å²) >= 11 is 0. The Morgan fingerprint density at radius 1 is 1.26 bits per heavy atom. The summed E-state index contributed by atoms with van der Waals surface area (Å²) < 4.78 is 2.27. The van der Waals surface area contributed by atoms with E-state index in [1.807, 2.05) is 6.20 Å². The number of nitrogens with two attached hydrogens (primary N) is 1. The van der Waals surface area contributed by atoms with Crippen molar-refractivity contribution >= 4 is 0 Å². The third kappa shape index (κ3) is 1.93. The second kappa shape index (κ2) is 4.60. The first-order chi connectivity index (χ1) is 9.09. The minimum atomic E-state index is 0.155. The number of aromatic nitrogens is 2. The minimum absolute atomic E-state index is 0.155. The van der Waals surface area contributed by atoms with Gasteiger partial charge in [-0.15, -0.1) is 0 Å². The molecule has 2 aliphatic rings. The summed E-state index contributed by atoms with van der Waals surface area (Å²) in [6, 6.07) is 0. The molecule has 1 saturated carbocycles. The molecule has 19 heavy (non-hydrogen) atoms. The summed E-state index contributed by atoms with van der Waals surface area (Å²) in [4.78, 5) is 7.12. The van der Waals surface area contributed by atoms with E-state index in [1.165, 1.54) is 31.5 Å². The Bertz CT molecular complexity index is 451. The summed E-state index contributed by atoms with van der Waals surface area (Å²) in [5.74, 6) is 1.19. The number of imidazole rings is 1. The highest BCUT2D eigenvalue weighted by atomic mass is 15.3. The number of rotatable bonds is 2. The van der Waals surface area contributed by atoms with Gasteiger partial charge in [0.2, 0.25) is 0 Å². The van der Waals surface area contributed by atoms with E-state index in [9.17, 15) is 0 Å². The van der Waals surface area contributed by atoms with E-state index in [2.05, 4.69) is 34.5 Å².